The van der Waals surface area contributed by atoms with E-state index in [9.17, 15) is 4.79 Å². The van der Waals surface area contributed by atoms with Crippen molar-refractivity contribution in [2.24, 2.45) is 5.92 Å². The molecule has 0 aromatic carbocycles. The van der Waals surface area contributed by atoms with E-state index in [1.54, 1.807) is 0 Å². The van der Waals surface area contributed by atoms with Gasteiger partial charge in [0, 0.05) is 23.7 Å². The molecule has 0 amide bonds. The molecule has 2 aliphatic carbocycles. The number of carboxylic acid groups (broad SMARTS) is 1. The van der Waals surface area contributed by atoms with Gasteiger partial charge in [0.15, 0.2) is 0 Å². The first-order valence-electron chi connectivity index (χ1n) is 6.45. The Kier molecular flexibility index (Phi) is 2.61. The maximum absolute atomic E-state index is 11.0. The van der Waals surface area contributed by atoms with Gasteiger partial charge in [-0.25, -0.2) is 0 Å². The minimum atomic E-state index is -0.689. The van der Waals surface area contributed by atoms with Crippen LogP contribution in [-0.2, 0) is 17.6 Å². The Labute approximate surface area is 101 Å². The number of rotatable bonds is 2. The van der Waals surface area contributed by atoms with Gasteiger partial charge < -0.3 is 5.11 Å². The third-order valence-corrected chi connectivity index (χ3v) is 4.12. The van der Waals surface area contributed by atoms with Gasteiger partial charge in [0.2, 0.25) is 0 Å². The van der Waals surface area contributed by atoms with Gasteiger partial charge in [0.1, 0.15) is 0 Å². The van der Waals surface area contributed by atoms with E-state index in [2.05, 4.69) is 12.1 Å². The van der Waals surface area contributed by atoms with E-state index >= 15 is 0 Å². The second kappa shape index (κ2) is 4.13. The molecule has 0 spiro atoms. The molecule has 1 aromatic heterocycles. The highest BCUT2D eigenvalue weighted by atomic mass is 16.4. The first-order valence-corrected chi connectivity index (χ1v) is 6.45. The number of hydrogen-bond donors (Lipinski definition) is 1. The highest BCUT2D eigenvalue weighted by Crippen LogP contribution is 2.35. The lowest BCUT2D eigenvalue weighted by atomic mass is 10.0. The smallest absolute Gasteiger partial charge is 0.307 e. The molecule has 0 bridgehead atoms. The predicted molar refractivity (Wildman–Crippen MR) is 64.0 cm³/mol. The zero-order valence-electron chi connectivity index (χ0n) is 9.85. The summed E-state index contributed by atoms with van der Waals surface area (Å²) < 4.78 is 0. The Morgan fingerprint density at radius 1 is 1.24 bits per heavy atom. The maximum atomic E-state index is 11.0. The van der Waals surface area contributed by atoms with E-state index in [1.165, 1.54) is 31.4 Å². The van der Waals surface area contributed by atoms with Gasteiger partial charge >= 0.3 is 5.97 Å². The summed E-state index contributed by atoms with van der Waals surface area (Å²) in [6.07, 6.45) is 6.37. The van der Waals surface area contributed by atoms with Gasteiger partial charge in [-0.05, 0) is 30.9 Å². The molecule has 1 heterocycles. The second-order valence-corrected chi connectivity index (χ2v) is 5.27. The Morgan fingerprint density at radius 3 is 2.71 bits per heavy atom. The third kappa shape index (κ3) is 1.94. The molecule has 3 rings (SSSR count). The van der Waals surface area contributed by atoms with E-state index in [4.69, 9.17) is 10.1 Å². The molecule has 0 saturated heterocycles. The molecule has 1 saturated carbocycles. The highest BCUT2D eigenvalue weighted by Gasteiger charge is 2.29. The van der Waals surface area contributed by atoms with Gasteiger partial charge in [0.05, 0.1) is 5.92 Å². The zero-order valence-corrected chi connectivity index (χ0v) is 9.85. The maximum Gasteiger partial charge on any atom is 0.307 e. The highest BCUT2D eigenvalue weighted by molar-refractivity contribution is 5.72. The normalized spacial score (nSPS) is 23.9. The third-order valence-electron chi connectivity index (χ3n) is 4.12. The van der Waals surface area contributed by atoms with Crippen molar-refractivity contribution >= 4 is 5.97 Å². The summed E-state index contributed by atoms with van der Waals surface area (Å²) in [6, 6.07) is 4.21. The number of nitrogens with zero attached hydrogens (tertiary/aromatic N) is 1. The molecule has 1 unspecified atom stereocenters. The molecule has 1 N–H and O–H groups in total. The van der Waals surface area contributed by atoms with Crippen LogP contribution in [0, 0.1) is 5.92 Å². The first kappa shape index (κ1) is 10.8. The molecule has 90 valence electrons. The number of fused-ring (bicyclic) bond motifs is 1. The van der Waals surface area contributed by atoms with E-state index in [0.29, 0.717) is 18.8 Å². The SMILES string of the molecule is O=C(O)C1Cc2ccc(C3CCCC3)nc2C1. The van der Waals surface area contributed by atoms with Crippen LogP contribution in [0.25, 0.3) is 0 Å². The van der Waals surface area contributed by atoms with E-state index in [-0.39, 0.29) is 5.92 Å². The van der Waals surface area contributed by atoms with Crippen molar-refractivity contribution in [2.45, 2.75) is 44.4 Å². The van der Waals surface area contributed by atoms with Gasteiger partial charge in [0.25, 0.3) is 0 Å². The van der Waals surface area contributed by atoms with E-state index < -0.39 is 5.97 Å². The van der Waals surface area contributed by atoms with Crippen LogP contribution in [-0.4, -0.2) is 16.1 Å². The van der Waals surface area contributed by atoms with Crippen molar-refractivity contribution in [3.8, 4) is 0 Å². The van der Waals surface area contributed by atoms with E-state index in [0.717, 1.165) is 11.3 Å². The van der Waals surface area contributed by atoms with Crippen molar-refractivity contribution in [1.29, 1.82) is 0 Å². The first-order chi connectivity index (χ1) is 8.24. The van der Waals surface area contributed by atoms with Gasteiger partial charge in [-0.1, -0.05) is 18.9 Å². The van der Waals surface area contributed by atoms with Gasteiger partial charge in [-0.15, -0.1) is 0 Å². The Bertz CT molecular complexity index is 450. The molecular weight excluding hydrogens is 214 g/mol. The minimum absolute atomic E-state index is 0.253. The molecular formula is C14H17NO2. The number of aromatic nitrogens is 1. The number of hydrogen-bond acceptors (Lipinski definition) is 2. The predicted octanol–water partition coefficient (Wildman–Crippen LogP) is 2.54. The zero-order chi connectivity index (χ0) is 11.8. The van der Waals surface area contributed by atoms with Crippen LogP contribution in [0.2, 0.25) is 0 Å². The Balaban J connectivity index is 1.84. The topological polar surface area (TPSA) is 50.2 Å². The lowest BCUT2D eigenvalue weighted by Gasteiger charge is -2.09. The fourth-order valence-electron chi connectivity index (χ4n) is 3.10. The van der Waals surface area contributed by atoms with Crippen molar-refractivity contribution in [1.82, 2.24) is 4.98 Å². The summed E-state index contributed by atoms with van der Waals surface area (Å²) in [5.74, 6) is -0.328. The molecule has 17 heavy (non-hydrogen) atoms. The average Bonchev–Trinajstić information content (AvgIpc) is 2.97. The molecule has 0 aliphatic heterocycles. The number of pyridine rings is 1. The summed E-state index contributed by atoms with van der Waals surface area (Å²) in [5, 5.41) is 9.04. The average molecular weight is 231 g/mol. The van der Waals surface area contributed by atoms with Crippen LogP contribution in [0.1, 0.15) is 48.6 Å². The molecule has 3 heteroatoms. The van der Waals surface area contributed by atoms with Crippen molar-refractivity contribution in [3.63, 3.8) is 0 Å². The van der Waals surface area contributed by atoms with Crippen molar-refractivity contribution in [2.75, 3.05) is 0 Å². The minimum Gasteiger partial charge on any atom is -0.481 e. The molecule has 1 fully saturated rings. The summed E-state index contributed by atoms with van der Waals surface area (Å²) >= 11 is 0. The van der Waals surface area contributed by atoms with Gasteiger partial charge in [-0.3, -0.25) is 9.78 Å². The quantitative estimate of drug-likeness (QED) is 0.851. The summed E-state index contributed by atoms with van der Waals surface area (Å²) in [4.78, 5) is 15.7. The fraction of sp³-hybridized carbons (Fsp3) is 0.571. The monoisotopic (exact) mass is 231 g/mol. The van der Waals surface area contributed by atoms with Crippen LogP contribution in [0.15, 0.2) is 12.1 Å². The summed E-state index contributed by atoms with van der Waals surface area (Å²) in [7, 11) is 0. The molecule has 1 aromatic rings. The lowest BCUT2D eigenvalue weighted by Crippen LogP contribution is -2.13. The van der Waals surface area contributed by atoms with Crippen LogP contribution < -0.4 is 0 Å². The Morgan fingerprint density at radius 2 is 2.00 bits per heavy atom. The summed E-state index contributed by atoms with van der Waals surface area (Å²) in [6.45, 7) is 0. The van der Waals surface area contributed by atoms with Crippen LogP contribution in [0.3, 0.4) is 0 Å². The van der Waals surface area contributed by atoms with Crippen molar-refractivity contribution in [3.05, 3.63) is 29.1 Å². The fourth-order valence-corrected chi connectivity index (χ4v) is 3.10. The van der Waals surface area contributed by atoms with Crippen LogP contribution in [0.4, 0.5) is 0 Å². The largest absolute Gasteiger partial charge is 0.481 e. The molecule has 0 radical (unpaired) electrons. The standard InChI is InChI=1S/C14H17NO2/c16-14(17)11-7-10-5-6-12(15-13(10)8-11)9-3-1-2-4-9/h5-6,9,11H,1-4,7-8H2,(H,16,17). The number of carboxylic acids is 1. The van der Waals surface area contributed by atoms with E-state index in [1.807, 2.05) is 0 Å². The Hall–Kier alpha value is -1.38. The van der Waals surface area contributed by atoms with Crippen molar-refractivity contribution < 1.29 is 9.90 Å². The number of carbonyl (C=O) groups is 1. The molecule has 2 aliphatic rings. The van der Waals surface area contributed by atoms with Crippen LogP contribution in [0.5, 0.6) is 0 Å². The number of aliphatic carboxylic acids is 1. The lowest BCUT2D eigenvalue weighted by molar-refractivity contribution is -0.141. The van der Waals surface area contributed by atoms with Crippen LogP contribution >= 0.6 is 0 Å². The van der Waals surface area contributed by atoms with Gasteiger partial charge in [-0.2, -0.15) is 0 Å². The second-order valence-electron chi connectivity index (χ2n) is 5.27. The summed E-state index contributed by atoms with van der Waals surface area (Å²) in [5.41, 5.74) is 3.35. The molecule has 1 atom stereocenters. The molecule has 3 nitrogen and oxygen atoms in total.